The summed E-state index contributed by atoms with van der Waals surface area (Å²) in [6, 6.07) is 6.47. The molecule has 1 atom stereocenters. The number of aliphatic imine (C=N–C) groups is 1. The fourth-order valence-corrected chi connectivity index (χ4v) is 3.19. The van der Waals surface area contributed by atoms with E-state index in [0.29, 0.717) is 5.56 Å². The lowest BCUT2D eigenvalue weighted by molar-refractivity contribution is 0.574. The van der Waals surface area contributed by atoms with Gasteiger partial charge in [0.25, 0.3) is 0 Å². The first-order valence-corrected chi connectivity index (χ1v) is 7.60. The van der Waals surface area contributed by atoms with Crippen molar-refractivity contribution in [3.05, 3.63) is 29.8 Å². The third-order valence-corrected chi connectivity index (χ3v) is 5.20. The lowest BCUT2D eigenvalue weighted by Gasteiger charge is -2.26. The van der Waals surface area contributed by atoms with Crippen LogP contribution in [0.15, 0.2) is 39.3 Å². The summed E-state index contributed by atoms with van der Waals surface area (Å²) in [6.45, 7) is 3.23. The summed E-state index contributed by atoms with van der Waals surface area (Å²) in [5, 5.41) is 3.24. The van der Waals surface area contributed by atoms with Crippen LogP contribution < -0.4 is 16.9 Å². The predicted molar refractivity (Wildman–Crippen MR) is 77.9 cm³/mol. The molecule has 2 rings (SSSR count). The lowest BCUT2D eigenvalue weighted by Crippen LogP contribution is -2.46. The molecular weight excluding hydrogens is 278 g/mol. The number of benzene rings is 1. The van der Waals surface area contributed by atoms with E-state index in [-0.39, 0.29) is 10.9 Å². The van der Waals surface area contributed by atoms with Crippen LogP contribution in [0.4, 0.5) is 0 Å². The van der Waals surface area contributed by atoms with Crippen molar-refractivity contribution in [2.75, 3.05) is 0 Å². The van der Waals surface area contributed by atoms with E-state index in [2.05, 4.69) is 15.5 Å². The summed E-state index contributed by atoms with van der Waals surface area (Å²) < 4.78 is 24.8. The van der Waals surface area contributed by atoms with Gasteiger partial charge in [-0.25, -0.2) is 18.8 Å². The fraction of sp³-hybridized carbons (Fsp3) is 0.333. The lowest BCUT2D eigenvalue weighted by atomic mass is 10.0. The molecule has 1 aliphatic heterocycles. The summed E-state index contributed by atoms with van der Waals surface area (Å²) in [6.07, 6.45) is 1.33. The predicted octanol–water partition coefficient (Wildman–Crippen LogP) is -0.116. The molecule has 1 aliphatic rings. The van der Waals surface area contributed by atoms with Crippen LogP contribution in [-0.2, 0) is 15.5 Å². The summed E-state index contributed by atoms with van der Waals surface area (Å²) in [5.41, 5.74) is 13.1. The summed E-state index contributed by atoms with van der Waals surface area (Å²) >= 11 is 0. The number of hydrogen-bond donors (Lipinski definition) is 3. The largest absolute Gasteiger partial charge is 0.368 e. The van der Waals surface area contributed by atoms with E-state index in [1.807, 2.05) is 0 Å². The van der Waals surface area contributed by atoms with Crippen molar-refractivity contribution in [1.82, 2.24) is 5.43 Å². The topological polar surface area (TPSA) is 123 Å². The van der Waals surface area contributed by atoms with Gasteiger partial charge in [-0.3, -0.25) is 5.73 Å². The summed E-state index contributed by atoms with van der Waals surface area (Å²) in [7, 11) is -3.48. The highest BCUT2D eigenvalue weighted by Crippen LogP contribution is 2.29. The summed E-state index contributed by atoms with van der Waals surface area (Å²) in [5.74, 6) is 0.0340. The normalized spacial score (nSPS) is 22.5. The zero-order valence-electron chi connectivity index (χ0n) is 11.2. The van der Waals surface area contributed by atoms with Gasteiger partial charge >= 0.3 is 0 Å². The van der Waals surface area contributed by atoms with Crippen LogP contribution in [-0.4, -0.2) is 25.8 Å². The van der Waals surface area contributed by atoms with Crippen LogP contribution >= 0.6 is 0 Å². The molecule has 5 N–H and O–H groups in total. The van der Waals surface area contributed by atoms with Crippen molar-refractivity contribution in [3.8, 4) is 0 Å². The van der Waals surface area contributed by atoms with Gasteiger partial charge in [0.1, 0.15) is 0 Å². The quantitative estimate of drug-likeness (QED) is 0.717. The van der Waals surface area contributed by atoms with E-state index in [0.717, 1.165) is 0 Å². The first-order valence-electron chi connectivity index (χ1n) is 6.05. The monoisotopic (exact) mass is 295 g/mol. The zero-order valence-corrected chi connectivity index (χ0v) is 12.1. The second kappa shape index (κ2) is 4.88. The molecule has 0 aromatic heterocycles. The van der Waals surface area contributed by atoms with E-state index < -0.39 is 20.8 Å². The third kappa shape index (κ3) is 2.39. The van der Waals surface area contributed by atoms with Gasteiger partial charge in [-0.05, 0) is 19.9 Å². The first-order chi connectivity index (χ1) is 9.27. The molecule has 0 saturated heterocycles. The van der Waals surface area contributed by atoms with Gasteiger partial charge in [0.05, 0.1) is 16.4 Å². The molecule has 0 spiro atoms. The molecule has 0 aliphatic carbocycles. The molecule has 1 unspecified atom stereocenters. The maximum atomic E-state index is 12.4. The van der Waals surface area contributed by atoms with Gasteiger partial charge in [-0.15, -0.1) is 0 Å². The number of hydrazone groups is 1. The van der Waals surface area contributed by atoms with Gasteiger partial charge in [0.15, 0.2) is 15.5 Å². The number of nitrogens with one attached hydrogen (secondary N) is 1. The highest BCUT2D eigenvalue weighted by Gasteiger charge is 2.34. The SMILES string of the molecule is CC(C)S(=O)(=O)c1ccccc1C1(N)C=NNC(N)=N1. The molecular formula is C12H17N5O2S. The van der Waals surface area contributed by atoms with Crippen molar-refractivity contribution in [2.45, 2.75) is 29.7 Å². The Labute approximate surface area is 117 Å². The molecule has 7 nitrogen and oxygen atoms in total. The minimum atomic E-state index is -3.48. The van der Waals surface area contributed by atoms with Gasteiger partial charge < -0.3 is 5.73 Å². The molecule has 0 fully saturated rings. The van der Waals surface area contributed by atoms with E-state index >= 15 is 0 Å². The van der Waals surface area contributed by atoms with Crippen molar-refractivity contribution >= 4 is 22.0 Å². The van der Waals surface area contributed by atoms with Crippen molar-refractivity contribution in [2.24, 2.45) is 21.6 Å². The maximum absolute atomic E-state index is 12.4. The Bertz CT molecular complexity index is 681. The van der Waals surface area contributed by atoms with E-state index in [1.54, 1.807) is 32.0 Å². The van der Waals surface area contributed by atoms with Crippen molar-refractivity contribution < 1.29 is 8.42 Å². The Kier molecular flexibility index (Phi) is 3.53. The molecule has 20 heavy (non-hydrogen) atoms. The Morgan fingerprint density at radius 3 is 2.55 bits per heavy atom. The van der Waals surface area contributed by atoms with E-state index in [1.165, 1.54) is 12.3 Å². The average Bonchev–Trinajstić information content (AvgIpc) is 2.38. The second-order valence-corrected chi connectivity index (χ2v) is 7.25. The number of sulfone groups is 1. The average molecular weight is 295 g/mol. The Balaban J connectivity index is 2.66. The maximum Gasteiger partial charge on any atom is 0.212 e. The molecule has 0 saturated carbocycles. The number of nitrogens with two attached hydrogens (primary N) is 2. The molecule has 8 heteroatoms. The van der Waals surface area contributed by atoms with E-state index in [9.17, 15) is 8.42 Å². The van der Waals surface area contributed by atoms with E-state index in [4.69, 9.17) is 11.5 Å². The highest BCUT2D eigenvalue weighted by atomic mass is 32.2. The number of guanidine groups is 1. The Morgan fingerprint density at radius 1 is 1.30 bits per heavy atom. The minimum Gasteiger partial charge on any atom is -0.368 e. The highest BCUT2D eigenvalue weighted by molar-refractivity contribution is 7.92. The molecule has 0 radical (unpaired) electrons. The van der Waals surface area contributed by atoms with Gasteiger partial charge in [-0.1, -0.05) is 18.2 Å². The van der Waals surface area contributed by atoms with Crippen LogP contribution in [0.25, 0.3) is 0 Å². The number of nitrogens with zero attached hydrogens (tertiary/aromatic N) is 2. The van der Waals surface area contributed by atoms with Crippen LogP contribution in [0.5, 0.6) is 0 Å². The standard InChI is InChI=1S/C12H17N5O2S/c1-8(2)20(18,19)10-6-4-3-5-9(10)12(14)7-15-17-11(13)16-12/h3-8H,14H2,1-2H3,(H3,13,16,17). The smallest absolute Gasteiger partial charge is 0.212 e. The molecule has 1 aromatic rings. The minimum absolute atomic E-state index is 0.0340. The number of hydrogen-bond acceptors (Lipinski definition) is 7. The molecule has 0 amide bonds. The number of rotatable bonds is 3. The first kappa shape index (κ1) is 14.5. The van der Waals surface area contributed by atoms with Crippen LogP contribution in [0.1, 0.15) is 19.4 Å². The zero-order chi connectivity index (χ0) is 15.0. The van der Waals surface area contributed by atoms with Crippen LogP contribution in [0, 0.1) is 0 Å². The van der Waals surface area contributed by atoms with Crippen molar-refractivity contribution in [3.63, 3.8) is 0 Å². The van der Waals surface area contributed by atoms with Gasteiger partial charge in [0, 0.05) is 5.56 Å². The Morgan fingerprint density at radius 2 is 1.95 bits per heavy atom. The summed E-state index contributed by atoms with van der Waals surface area (Å²) in [4.78, 5) is 4.21. The third-order valence-electron chi connectivity index (χ3n) is 2.99. The Hall–Kier alpha value is -1.93. The second-order valence-electron chi connectivity index (χ2n) is 4.78. The fourth-order valence-electron chi connectivity index (χ4n) is 1.88. The van der Waals surface area contributed by atoms with Crippen LogP contribution in [0.2, 0.25) is 0 Å². The van der Waals surface area contributed by atoms with Crippen molar-refractivity contribution in [1.29, 1.82) is 0 Å². The van der Waals surface area contributed by atoms with Gasteiger partial charge in [0.2, 0.25) is 5.96 Å². The van der Waals surface area contributed by atoms with Crippen LogP contribution in [0.3, 0.4) is 0 Å². The molecule has 1 aromatic carbocycles. The molecule has 108 valence electrons. The molecule has 1 heterocycles. The molecule has 0 bridgehead atoms. The van der Waals surface area contributed by atoms with Gasteiger partial charge in [-0.2, -0.15) is 5.10 Å².